The third kappa shape index (κ3) is 4.09. The Morgan fingerprint density at radius 1 is 1.42 bits per heavy atom. The summed E-state index contributed by atoms with van der Waals surface area (Å²) in [7, 11) is 0. The number of carbonyl (C=O) groups is 1. The normalized spacial score (nSPS) is 17.4. The fraction of sp³-hybridized carbons (Fsp3) is 0.462. The Kier molecular flexibility index (Phi) is 6.12. The van der Waals surface area contributed by atoms with Gasteiger partial charge in [-0.1, -0.05) is 17.7 Å². The van der Waals surface area contributed by atoms with Crippen LogP contribution in [-0.4, -0.2) is 24.5 Å². The minimum absolute atomic E-state index is 0. The first-order valence-corrected chi connectivity index (χ1v) is 7.16. The molecule has 0 aliphatic carbocycles. The molecule has 0 saturated carbocycles. The summed E-state index contributed by atoms with van der Waals surface area (Å²) < 4.78 is 0.743. The van der Waals surface area contributed by atoms with E-state index in [4.69, 9.17) is 11.6 Å². The molecule has 2 rings (SSSR count). The Morgan fingerprint density at radius 2 is 2.05 bits per heavy atom. The fourth-order valence-corrected chi connectivity index (χ4v) is 2.70. The molecule has 106 valence electrons. The molecule has 3 nitrogen and oxygen atoms in total. The Hall–Kier alpha value is -0.290. The highest BCUT2D eigenvalue weighted by Gasteiger charge is 2.29. The molecule has 1 aromatic rings. The van der Waals surface area contributed by atoms with Crippen molar-refractivity contribution in [3.63, 3.8) is 0 Å². The van der Waals surface area contributed by atoms with Crippen molar-refractivity contribution in [1.82, 2.24) is 10.6 Å². The standard InChI is InChI=1S/C13H16BrClN2O.ClH/c1-13(5-7-16-8-6-13)17-12(18)9-3-2-4-10(14)11(9)15;/h2-4,16H,5-8H2,1H3,(H,17,18);1H. The van der Waals surface area contributed by atoms with Crippen molar-refractivity contribution in [2.24, 2.45) is 0 Å². The van der Waals surface area contributed by atoms with E-state index in [2.05, 4.69) is 33.5 Å². The zero-order chi connectivity index (χ0) is 13.2. The SMILES string of the molecule is CC1(NC(=O)c2cccc(Br)c2Cl)CCNCC1.Cl. The lowest BCUT2D eigenvalue weighted by Gasteiger charge is -2.35. The average Bonchev–Trinajstić information content (AvgIpc) is 2.33. The summed E-state index contributed by atoms with van der Waals surface area (Å²) in [6.07, 6.45) is 1.87. The minimum atomic E-state index is -0.145. The molecular formula is C13H17BrCl2N2O. The van der Waals surface area contributed by atoms with Crippen molar-refractivity contribution < 1.29 is 4.79 Å². The highest BCUT2D eigenvalue weighted by atomic mass is 79.9. The summed E-state index contributed by atoms with van der Waals surface area (Å²) >= 11 is 9.46. The van der Waals surface area contributed by atoms with E-state index < -0.39 is 0 Å². The van der Waals surface area contributed by atoms with Crippen LogP contribution in [0.4, 0.5) is 0 Å². The number of amides is 1. The quantitative estimate of drug-likeness (QED) is 0.841. The van der Waals surface area contributed by atoms with E-state index in [9.17, 15) is 4.79 Å². The van der Waals surface area contributed by atoms with Crippen molar-refractivity contribution in [3.05, 3.63) is 33.3 Å². The highest BCUT2D eigenvalue weighted by Crippen LogP contribution is 2.27. The zero-order valence-corrected chi connectivity index (χ0v) is 13.8. The number of benzene rings is 1. The van der Waals surface area contributed by atoms with Gasteiger partial charge in [0.05, 0.1) is 10.6 Å². The maximum Gasteiger partial charge on any atom is 0.253 e. The van der Waals surface area contributed by atoms with Gasteiger partial charge in [-0.15, -0.1) is 12.4 Å². The molecule has 1 aromatic carbocycles. The molecule has 1 fully saturated rings. The van der Waals surface area contributed by atoms with E-state index in [-0.39, 0.29) is 23.9 Å². The van der Waals surface area contributed by atoms with E-state index in [0.29, 0.717) is 10.6 Å². The van der Waals surface area contributed by atoms with Crippen LogP contribution in [0.3, 0.4) is 0 Å². The van der Waals surface area contributed by atoms with Gasteiger partial charge in [-0.2, -0.15) is 0 Å². The van der Waals surface area contributed by atoms with Gasteiger partial charge in [0.2, 0.25) is 0 Å². The second kappa shape index (κ2) is 6.93. The van der Waals surface area contributed by atoms with Crippen LogP contribution >= 0.6 is 39.9 Å². The second-order valence-electron chi connectivity index (χ2n) is 4.87. The number of nitrogens with one attached hydrogen (secondary N) is 2. The van der Waals surface area contributed by atoms with Gasteiger partial charge in [0.15, 0.2) is 0 Å². The molecule has 1 amide bonds. The Bertz CT molecular complexity index is 462. The number of carbonyl (C=O) groups excluding carboxylic acids is 1. The van der Waals surface area contributed by atoms with Crippen LogP contribution in [-0.2, 0) is 0 Å². The largest absolute Gasteiger partial charge is 0.347 e. The zero-order valence-electron chi connectivity index (χ0n) is 10.6. The van der Waals surface area contributed by atoms with Crippen LogP contribution < -0.4 is 10.6 Å². The average molecular weight is 368 g/mol. The summed E-state index contributed by atoms with van der Waals surface area (Å²) in [5.41, 5.74) is 0.374. The number of hydrogen-bond acceptors (Lipinski definition) is 2. The topological polar surface area (TPSA) is 41.1 Å². The van der Waals surface area contributed by atoms with E-state index >= 15 is 0 Å². The van der Waals surface area contributed by atoms with Gasteiger partial charge in [0.25, 0.3) is 5.91 Å². The molecule has 1 heterocycles. The molecule has 1 saturated heterocycles. The van der Waals surface area contributed by atoms with Gasteiger partial charge in [0, 0.05) is 10.0 Å². The molecule has 0 spiro atoms. The second-order valence-corrected chi connectivity index (χ2v) is 6.10. The van der Waals surface area contributed by atoms with E-state index in [1.807, 2.05) is 12.1 Å². The van der Waals surface area contributed by atoms with Crippen molar-refractivity contribution in [2.45, 2.75) is 25.3 Å². The van der Waals surface area contributed by atoms with Crippen LogP contribution in [0.1, 0.15) is 30.1 Å². The summed E-state index contributed by atoms with van der Waals surface area (Å²) in [6, 6.07) is 5.38. The lowest BCUT2D eigenvalue weighted by atomic mass is 9.90. The molecule has 0 unspecified atom stereocenters. The molecule has 0 radical (unpaired) electrons. The molecule has 0 aromatic heterocycles. The summed E-state index contributed by atoms with van der Waals surface area (Å²) in [5, 5.41) is 6.85. The lowest BCUT2D eigenvalue weighted by molar-refractivity contribution is 0.0887. The molecule has 1 aliphatic heterocycles. The molecule has 0 bridgehead atoms. The number of halogens is 3. The molecule has 19 heavy (non-hydrogen) atoms. The molecule has 2 N–H and O–H groups in total. The third-order valence-corrected chi connectivity index (χ3v) is 4.61. The van der Waals surface area contributed by atoms with Crippen molar-refractivity contribution in [2.75, 3.05) is 13.1 Å². The predicted molar refractivity (Wildman–Crippen MR) is 84.4 cm³/mol. The molecular weight excluding hydrogens is 351 g/mol. The van der Waals surface area contributed by atoms with Crippen LogP contribution in [0, 0.1) is 0 Å². The smallest absolute Gasteiger partial charge is 0.253 e. The van der Waals surface area contributed by atoms with E-state index in [1.165, 1.54) is 0 Å². The van der Waals surface area contributed by atoms with Crippen molar-refractivity contribution >= 4 is 45.8 Å². The van der Waals surface area contributed by atoms with E-state index in [0.717, 1.165) is 30.4 Å². The Labute approximate surface area is 133 Å². The first-order valence-electron chi connectivity index (χ1n) is 5.99. The summed E-state index contributed by atoms with van der Waals surface area (Å²) in [5.74, 6) is -0.106. The van der Waals surface area contributed by atoms with Gasteiger partial charge >= 0.3 is 0 Å². The number of rotatable bonds is 2. The van der Waals surface area contributed by atoms with Gasteiger partial charge in [0.1, 0.15) is 0 Å². The monoisotopic (exact) mass is 366 g/mol. The third-order valence-electron chi connectivity index (χ3n) is 3.32. The van der Waals surface area contributed by atoms with Crippen LogP contribution in [0.5, 0.6) is 0 Å². The minimum Gasteiger partial charge on any atom is -0.347 e. The van der Waals surface area contributed by atoms with Gasteiger partial charge in [-0.25, -0.2) is 0 Å². The van der Waals surface area contributed by atoms with Crippen molar-refractivity contribution in [3.8, 4) is 0 Å². The number of hydrogen-bond donors (Lipinski definition) is 2. The van der Waals surface area contributed by atoms with E-state index in [1.54, 1.807) is 6.07 Å². The number of piperidine rings is 1. The Balaban J connectivity index is 0.00000180. The molecule has 0 atom stereocenters. The lowest BCUT2D eigenvalue weighted by Crippen LogP contribution is -2.52. The first-order chi connectivity index (χ1) is 8.52. The van der Waals surface area contributed by atoms with Crippen LogP contribution in [0.25, 0.3) is 0 Å². The fourth-order valence-electron chi connectivity index (χ4n) is 2.12. The first kappa shape index (κ1) is 16.8. The van der Waals surface area contributed by atoms with Crippen LogP contribution in [0.2, 0.25) is 5.02 Å². The highest BCUT2D eigenvalue weighted by molar-refractivity contribution is 9.10. The molecule has 1 aliphatic rings. The van der Waals surface area contributed by atoms with Gasteiger partial charge in [-0.3, -0.25) is 4.79 Å². The van der Waals surface area contributed by atoms with Gasteiger partial charge in [-0.05, 0) is 60.9 Å². The molecule has 6 heteroatoms. The maximum atomic E-state index is 12.3. The predicted octanol–water partition coefficient (Wildman–Crippen LogP) is 3.40. The van der Waals surface area contributed by atoms with Crippen LogP contribution in [0.15, 0.2) is 22.7 Å². The summed E-state index contributed by atoms with van der Waals surface area (Å²) in [6.45, 7) is 3.95. The summed E-state index contributed by atoms with van der Waals surface area (Å²) in [4.78, 5) is 12.3. The van der Waals surface area contributed by atoms with Gasteiger partial charge < -0.3 is 10.6 Å². The maximum absolute atomic E-state index is 12.3. The van der Waals surface area contributed by atoms with Crippen molar-refractivity contribution in [1.29, 1.82) is 0 Å². The Morgan fingerprint density at radius 3 is 2.68 bits per heavy atom.